The van der Waals surface area contributed by atoms with Crippen molar-refractivity contribution in [3.05, 3.63) is 12.2 Å². The largest absolute Gasteiger partial charge is 0.394 e. The summed E-state index contributed by atoms with van der Waals surface area (Å²) in [5.41, 5.74) is 0. The maximum absolute atomic E-state index is 9.55. The maximum atomic E-state index is 9.55. The summed E-state index contributed by atoms with van der Waals surface area (Å²) in [6.07, 6.45) is -2.56. The van der Waals surface area contributed by atoms with Crippen molar-refractivity contribution in [1.82, 2.24) is 0 Å². The Kier molecular flexibility index (Phi) is 5.33. The average Bonchev–Trinajstić information content (AvgIpc) is 2.29. The summed E-state index contributed by atoms with van der Waals surface area (Å²) in [5, 5.41) is 37.4. The van der Waals surface area contributed by atoms with Crippen molar-refractivity contribution in [3.63, 3.8) is 0 Å². The highest BCUT2D eigenvalue weighted by molar-refractivity contribution is 4.89. The standard InChI is InChI=1S/C10H18O6/c1-2-3-4-15-10-9(14)8(13)7(12)6(5-11)16-10/h2-3,6-14H,4-5H2,1H3/b3-2+/t6-,7-,8+,9-,10-/m1/s1. The molecule has 1 aliphatic heterocycles. The molecule has 1 saturated heterocycles. The van der Waals surface area contributed by atoms with Crippen LogP contribution in [-0.4, -0.2) is 64.3 Å². The molecule has 0 aromatic carbocycles. The molecule has 0 aliphatic carbocycles. The van der Waals surface area contributed by atoms with Gasteiger partial charge in [-0.15, -0.1) is 0 Å². The molecule has 0 aromatic rings. The van der Waals surface area contributed by atoms with Crippen LogP contribution in [0.1, 0.15) is 6.92 Å². The molecular formula is C10H18O6. The van der Waals surface area contributed by atoms with Crippen LogP contribution in [0.4, 0.5) is 0 Å². The Morgan fingerprint density at radius 2 is 1.88 bits per heavy atom. The quantitative estimate of drug-likeness (QED) is 0.436. The van der Waals surface area contributed by atoms with Crippen LogP contribution < -0.4 is 0 Å². The smallest absolute Gasteiger partial charge is 0.187 e. The zero-order valence-corrected chi connectivity index (χ0v) is 9.06. The minimum Gasteiger partial charge on any atom is -0.394 e. The number of allylic oxidation sites excluding steroid dienone is 1. The molecule has 0 aromatic heterocycles. The van der Waals surface area contributed by atoms with Gasteiger partial charge in [0.25, 0.3) is 0 Å². The van der Waals surface area contributed by atoms with E-state index in [0.29, 0.717) is 0 Å². The van der Waals surface area contributed by atoms with E-state index in [1.165, 1.54) is 0 Å². The zero-order chi connectivity index (χ0) is 12.1. The molecule has 4 N–H and O–H groups in total. The molecule has 0 amide bonds. The third-order valence-corrected chi connectivity index (χ3v) is 2.44. The van der Waals surface area contributed by atoms with E-state index < -0.39 is 37.3 Å². The lowest BCUT2D eigenvalue weighted by molar-refractivity contribution is -0.298. The van der Waals surface area contributed by atoms with Gasteiger partial charge < -0.3 is 29.9 Å². The van der Waals surface area contributed by atoms with Gasteiger partial charge >= 0.3 is 0 Å². The molecule has 94 valence electrons. The van der Waals surface area contributed by atoms with E-state index >= 15 is 0 Å². The van der Waals surface area contributed by atoms with Crippen molar-refractivity contribution in [3.8, 4) is 0 Å². The summed E-state index contributed by atoms with van der Waals surface area (Å²) in [4.78, 5) is 0. The summed E-state index contributed by atoms with van der Waals surface area (Å²) in [6.45, 7) is 1.59. The summed E-state index contributed by atoms with van der Waals surface area (Å²) in [5.74, 6) is 0. The summed E-state index contributed by atoms with van der Waals surface area (Å²) in [7, 11) is 0. The minimum absolute atomic E-state index is 0.221. The molecule has 0 radical (unpaired) electrons. The summed E-state index contributed by atoms with van der Waals surface area (Å²) in [6, 6.07) is 0. The summed E-state index contributed by atoms with van der Waals surface area (Å²) >= 11 is 0. The van der Waals surface area contributed by atoms with E-state index in [1.807, 2.05) is 6.92 Å². The molecule has 16 heavy (non-hydrogen) atoms. The first-order valence-electron chi connectivity index (χ1n) is 5.15. The molecule has 6 heteroatoms. The molecule has 1 rings (SSSR count). The first kappa shape index (κ1) is 13.6. The molecule has 0 bridgehead atoms. The van der Waals surface area contributed by atoms with Gasteiger partial charge in [-0.3, -0.25) is 0 Å². The van der Waals surface area contributed by atoms with Crippen LogP contribution in [0.15, 0.2) is 12.2 Å². The van der Waals surface area contributed by atoms with Gasteiger partial charge in [0.1, 0.15) is 24.4 Å². The molecule has 1 aliphatic rings. The van der Waals surface area contributed by atoms with Crippen molar-refractivity contribution in [1.29, 1.82) is 0 Å². The predicted molar refractivity (Wildman–Crippen MR) is 54.5 cm³/mol. The fourth-order valence-corrected chi connectivity index (χ4v) is 1.45. The Bertz CT molecular complexity index is 229. The Labute approximate surface area is 93.7 Å². The van der Waals surface area contributed by atoms with Crippen LogP contribution in [0.2, 0.25) is 0 Å². The second kappa shape index (κ2) is 6.29. The predicted octanol–water partition coefficient (Wildman–Crippen LogP) is -1.62. The van der Waals surface area contributed by atoms with E-state index in [4.69, 9.17) is 14.6 Å². The number of aliphatic hydroxyl groups excluding tert-OH is 4. The number of hydrogen-bond acceptors (Lipinski definition) is 6. The van der Waals surface area contributed by atoms with Gasteiger partial charge in [0, 0.05) is 0 Å². The van der Waals surface area contributed by atoms with E-state index in [2.05, 4.69) is 0 Å². The first-order chi connectivity index (χ1) is 7.61. The van der Waals surface area contributed by atoms with Gasteiger partial charge in [0.05, 0.1) is 13.2 Å². The lowest BCUT2D eigenvalue weighted by Gasteiger charge is -2.39. The van der Waals surface area contributed by atoms with Crippen molar-refractivity contribution >= 4 is 0 Å². The lowest BCUT2D eigenvalue weighted by Crippen LogP contribution is -2.59. The third-order valence-electron chi connectivity index (χ3n) is 2.44. The molecule has 0 spiro atoms. The second-order valence-corrected chi connectivity index (χ2v) is 3.60. The fourth-order valence-electron chi connectivity index (χ4n) is 1.45. The molecule has 0 unspecified atom stereocenters. The van der Waals surface area contributed by atoms with E-state index in [-0.39, 0.29) is 6.61 Å². The topological polar surface area (TPSA) is 99.4 Å². The van der Waals surface area contributed by atoms with Crippen LogP contribution in [-0.2, 0) is 9.47 Å². The van der Waals surface area contributed by atoms with Gasteiger partial charge in [-0.1, -0.05) is 12.2 Å². The fraction of sp³-hybridized carbons (Fsp3) is 0.800. The van der Waals surface area contributed by atoms with Crippen molar-refractivity contribution < 1.29 is 29.9 Å². The third kappa shape index (κ3) is 3.00. The second-order valence-electron chi connectivity index (χ2n) is 3.60. The van der Waals surface area contributed by atoms with E-state index in [9.17, 15) is 15.3 Å². The molecule has 1 fully saturated rings. The minimum atomic E-state index is -1.39. The monoisotopic (exact) mass is 234 g/mol. The Balaban J connectivity index is 2.56. The number of hydrogen-bond donors (Lipinski definition) is 4. The first-order valence-corrected chi connectivity index (χ1v) is 5.15. The Hall–Kier alpha value is -0.500. The Morgan fingerprint density at radius 3 is 2.44 bits per heavy atom. The number of rotatable bonds is 4. The van der Waals surface area contributed by atoms with Gasteiger partial charge in [0.2, 0.25) is 0 Å². The van der Waals surface area contributed by atoms with Crippen LogP contribution in [0, 0.1) is 0 Å². The van der Waals surface area contributed by atoms with Crippen molar-refractivity contribution in [2.75, 3.05) is 13.2 Å². The van der Waals surface area contributed by atoms with Crippen molar-refractivity contribution in [2.24, 2.45) is 0 Å². The molecule has 0 saturated carbocycles. The Morgan fingerprint density at radius 1 is 1.19 bits per heavy atom. The van der Waals surface area contributed by atoms with Crippen LogP contribution >= 0.6 is 0 Å². The number of aliphatic hydroxyl groups is 4. The SMILES string of the molecule is C/C=C/CO[C@@H]1O[C@H](CO)[C@@H](O)[C@H](O)[C@H]1O. The van der Waals surface area contributed by atoms with E-state index in [0.717, 1.165) is 0 Å². The van der Waals surface area contributed by atoms with Gasteiger partial charge in [0.15, 0.2) is 6.29 Å². The molecule has 1 heterocycles. The van der Waals surface area contributed by atoms with E-state index in [1.54, 1.807) is 12.2 Å². The van der Waals surface area contributed by atoms with Gasteiger partial charge in [-0.2, -0.15) is 0 Å². The van der Waals surface area contributed by atoms with Crippen LogP contribution in [0.25, 0.3) is 0 Å². The average molecular weight is 234 g/mol. The lowest BCUT2D eigenvalue weighted by atomic mass is 9.99. The summed E-state index contributed by atoms with van der Waals surface area (Å²) < 4.78 is 10.3. The van der Waals surface area contributed by atoms with Crippen LogP contribution in [0.3, 0.4) is 0 Å². The maximum Gasteiger partial charge on any atom is 0.187 e. The molecular weight excluding hydrogens is 216 g/mol. The van der Waals surface area contributed by atoms with Gasteiger partial charge in [-0.25, -0.2) is 0 Å². The molecule has 5 atom stereocenters. The normalized spacial score (nSPS) is 40.4. The number of ether oxygens (including phenoxy) is 2. The highest BCUT2D eigenvalue weighted by Crippen LogP contribution is 2.21. The van der Waals surface area contributed by atoms with Gasteiger partial charge in [-0.05, 0) is 6.92 Å². The highest BCUT2D eigenvalue weighted by Gasteiger charge is 2.43. The highest BCUT2D eigenvalue weighted by atomic mass is 16.7. The van der Waals surface area contributed by atoms with Crippen molar-refractivity contribution in [2.45, 2.75) is 37.6 Å². The zero-order valence-electron chi connectivity index (χ0n) is 9.06. The molecule has 6 nitrogen and oxygen atoms in total. The van der Waals surface area contributed by atoms with Crippen LogP contribution in [0.5, 0.6) is 0 Å².